The number of hydrogen-bond acceptors (Lipinski definition) is 5. The summed E-state index contributed by atoms with van der Waals surface area (Å²) in [7, 11) is 1.89. The Morgan fingerprint density at radius 3 is 2.82 bits per heavy atom. The SMILES string of the molecule is CCOOC(=O)CCc1ccc(-c2cccc(NC)c2)nc1. The van der Waals surface area contributed by atoms with Crippen LogP contribution in [0.15, 0.2) is 42.6 Å². The largest absolute Gasteiger partial charge is 0.388 e. The van der Waals surface area contributed by atoms with Crippen molar-refractivity contribution < 1.29 is 14.6 Å². The van der Waals surface area contributed by atoms with Gasteiger partial charge in [0.25, 0.3) is 0 Å². The van der Waals surface area contributed by atoms with Gasteiger partial charge in [-0.05, 0) is 37.1 Å². The number of carbonyl (C=O) groups is 1. The normalized spacial score (nSPS) is 10.3. The number of hydrogen-bond donors (Lipinski definition) is 1. The number of benzene rings is 1. The van der Waals surface area contributed by atoms with Crippen LogP contribution in [0.5, 0.6) is 0 Å². The summed E-state index contributed by atoms with van der Waals surface area (Å²) in [6, 6.07) is 12.0. The van der Waals surface area contributed by atoms with Crippen LogP contribution >= 0.6 is 0 Å². The smallest absolute Gasteiger partial charge is 0.342 e. The van der Waals surface area contributed by atoms with Crippen molar-refractivity contribution >= 4 is 11.7 Å². The number of carbonyl (C=O) groups excluding carboxylic acids is 1. The van der Waals surface area contributed by atoms with Gasteiger partial charge in [0.15, 0.2) is 0 Å². The average Bonchev–Trinajstić information content (AvgIpc) is 2.58. The minimum absolute atomic E-state index is 0.274. The minimum atomic E-state index is -0.368. The van der Waals surface area contributed by atoms with Crippen LogP contribution in [0.25, 0.3) is 11.3 Å². The molecule has 0 radical (unpaired) electrons. The van der Waals surface area contributed by atoms with E-state index in [0.717, 1.165) is 22.5 Å². The predicted molar refractivity (Wildman–Crippen MR) is 85.3 cm³/mol. The fraction of sp³-hybridized carbons (Fsp3) is 0.294. The number of nitrogens with one attached hydrogen (secondary N) is 1. The zero-order valence-electron chi connectivity index (χ0n) is 12.8. The number of aryl methyl sites for hydroxylation is 1. The first-order chi connectivity index (χ1) is 10.7. The van der Waals surface area contributed by atoms with Crippen molar-refractivity contribution in [2.75, 3.05) is 19.0 Å². The molecule has 0 aliphatic carbocycles. The highest BCUT2D eigenvalue weighted by Crippen LogP contribution is 2.21. The highest BCUT2D eigenvalue weighted by molar-refractivity contribution is 5.69. The standard InChI is InChI=1S/C17H20N2O3/c1-3-21-22-17(20)10-8-13-7-9-16(19-12-13)14-5-4-6-15(11-14)18-2/h4-7,9,11-12,18H,3,8,10H2,1-2H3. The average molecular weight is 300 g/mol. The number of rotatable bonds is 7. The Morgan fingerprint density at radius 2 is 2.14 bits per heavy atom. The molecule has 0 saturated heterocycles. The molecule has 5 heteroatoms. The Kier molecular flexibility index (Phi) is 5.91. The molecule has 0 spiro atoms. The minimum Gasteiger partial charge on any atom is -0.388 e. The number of aromatic nitrogens is 1. The van der Waals surface area contributed by atoms with Crippen molar-refractivity contribution in [2.45, 2.75) is 19.8 Å². The molecule has 2 aromatic rings. The molecule has 22 heavy (non-hydrogen) atoms. The maximum atomic E-state index is 11.4. The van der Waals surface area contributed by atoms with Crippen molar-refractivity contribution in [3.8, 4) is 11.3 Å². The molecule has 0 atom stereocenters. The monoisotopic (exact) mass is 300 g/mol. The van der Waals surface area contributed by atoms with E-state index in [1.54, 1.807) is 13.1 Å². The van der Waals surface area contributed by atoms with E-state index in [0.29, 0.717) is 13.0 Å². The second-order valence-electron chi connectivity index (χ2n) is 4.74. The summed E-state index contributed by atoms with van der Waals surface area (Å²) in [5.41, 5.74) is 3.98. The molecule has 0 aliphatic heterocycles. The molecule has 0 amide bonds. The third-order valence-corrected chi connectivity index (χ3v) is 3.16. The molecular weight excluding hydrogens is 280 g/mol. The van der Waals surface area contributed by atoms with Gasteiger partial charge in [0, 0.05) is 24.5 Å². The van der Waals surface area contributed by atoms with Gasteiger partial charge in [-0.15, -0.1) is 0 Å². The summed E-state index contributed by atoms with van der Waals surface area (Å²) in [5, 5.41) is 3.11. The van der Waals surface area contributed by atoms with Crippen LogP contribution in [-0.2, 0) is 21.0 Å². The van der Waals surface area contributed by atoms with E-state index in [4.69, 9.17) is 0 Å². The molecule has 1 aromatic carbocycles. The zero-order valence-corrected chi connectivity index (χ0v) is 12.8. The van der Waals surface area contributed by atoms with Crippen LogP contribution in [0.4, 0.5) is 5.69 Å². The van der Waals surface area contributed by atoms with Crippen LogP contribution in [0, 0.1) is 0 Å². The van der Waals surface area contributed by atoms with Gasteiger partial charge in [-0.2, -0.15) is 4.89 Å². The Labute approximate surface area is 130 Å². The lowest BCUT2D eigenvalue weighted by molar-refractivity contribution is -0.269. The Hall–Kier alpha value is -2.40. The molecule has 1 N–H and O–H groups in total. The Bertz CT molecular complexity index is 612. The van der Waals surface area contributed by atoms with Gasteiger partial charge in [0.1, 0.15) is 0 Å². The maximum Gasteiger partial charge on any atom is 0.342 e. The van der Waals surface area contributed by atoms with Gasteiger partial charge in [-0.25, -0.2) is 4.79 Å². The number of anilines is 1. The van der Waals surface area contributed by atoms with Crippen molar-refractivity contribution in [3.05, 3.63) is 48.2 Å². The lowest BCUT2D eigenvalue weighted by atomic mass is 10.1. The van der Waals surface area contributed by atoms with Crippen molar-refractivity contribution in [1.29, 1.82) is 0 Å². The van der Waals surface area contributed by atoms with Gasteiger partial charge in [0.05, 0.1) is 18.7 Å². The predicted octanol–water partition coefficient (Wildman–Crippen LogP) is 3.22. The molecule has 0 unspecified atom stereocenters. The summed E-state index contributed by atoms with van der Waals surface area (Å²) >= 11 is 0. The molecule has 0 aliphatic rings. The summed E-state index contributed by atoms with van der Waals surface area (Å²) in [6.07, 6.45) is 2.64. The van der Waals surface area contributed by atoms with Crippen molar-refractivity contribution in [2.24, 2.45) is 0 Å². The summed E-state index contributed by atoms with van der Waals surface area (Å²) in [5.74, 6) is -0.368. The lowest BCUT2D eigenvalue weighted by Gasteiger charge is -2.06. The Morgan fingerprint density at radius 1 is 1.27 bits per heavy atom. The molecule has 5 nitrogen and oxygen atoms in total. The van der Waals surface area contributed by atoms with Gasteiger partial charge in [-0.1, -0.05) is 18.2 Å². The summed E-state index contributed by atoms with van der Waals surface area (Å²) in [4.78, 5) is 25.0. The molecule has 2 rings (SSSR count). The van der Waals surface area contributed by atoms with Crippen molar-refractivity contribution in [3.63, 3.8) is 0 Å². The van der Waals surface area contributed by atoms with E-state index in [1.165, 1.54) is 0 Å². The van der Waals surface area contributed by atoms with Gasteiger partial charge >= 0.3 is 5.97 Å². The highest BCUT2D eigenvalue weighted by Gasteiger charge is 2.06. The molecule has 0 fully saturated rings. The molecule has 1 aromatic heterocycles. The zero-order chi connectivity index (χ0) is 15.8. The molecule has 116 valence electrons. The third-order valence-electron chi connectivity index (χ3n) is 3.16. The molecule has 0 saturated carbocycles. The van der Waals surface area contributed by atoms with E-state index in [2.05, 4.69) is 20.1 Å². The van der Waals surface area contributed by atoms with Gasteiger partial charge in [-0.3, -0.25) is 9.87 Å². The first-order valence-electron chi connectivity index (χ1n) is 7.28. The van der Waals surface area contributed by atoms with Gasteiger partial charge < -0.3 is 5.32 Å². The third kappa shape index (κ3) is 4.56. The van der Waals surface area contributed by atoms with Crippen LogP contribution in [0.2, 0.25) is 0 Å². The molecular formula is C17H20N2O3. The maximum absolute atomic E-state index is 11.4. The van der Waals surface area contributed by atoms with E-state index in [9.17, 15) is 4.79 Å². The lowest BCUT2D eigenvalue weighted by Crippen LogP contribution is -2.06. The van der Waals surface area contributed by atoms with Crippen LogP contribution in [0.1, 0.15) is 18.9 Å². The topological polar surface area (TPSA) is 60.5 Å². The number of pyridine rings is 1. The Balaban J connectivity index is 1.96. The van der Waals surface area contributed by atoms with Crippen LogP contribution in [-0.4, -0.2) is 24.6 Å². The second kappa shape index (κ2) is 8.14. The first-order valence-corrected chi connectivity index (χ1v) is 7.28. The highest BCUT2D eigenvalue weighted by atomic mass is 17.2. The molecule has 0 bridgehead atoms. The quantitative estimate of drug-likeness (QED) is 0.628. The summed E-state index contributed by atoms with van der Waals surface area (Å²) in [6.45, 7) is 2.12. The van der Waals surface area contributed by atoms with Gasteiger partial charge in [0.2, 0.25) is 0 Å². The fourth-order valence-corrected chi connectivity index (χ4v) is 1.99. The van der Waals surface area contributed by atoms with E-state index in [-0.39, 0.29) is 12.4 Å². The van der Waals surface area contributed by atoms with E-state index < -0.39 is 0 Å². The summed E-state index contributed by atoms with van der Waals surface area (Å²) < 4.78 is 0. The number of nitrogens with zero attached hydrogens (tertiary/aromatic N) is 1. The molecule has 1 heterocycles. The van der Waals surface area contributed by atoms with Crippen LogP contribution in [0.3, 0.4) is 0 Å². The van der Waals surface area contributed by atoms with E-state index >= 15 is 0 Å². The second-order valence-corrected chi connectivity index (χ2v) is 4.74. The first kappa shape index (κ1) is 16.0. The van der Waals surface area contributed by atoms with Crippen LogP contribution < -0.4 is 5.32 Å². The fourth-order valence-electron chi connectivity index (χ4n) is 1.99. The van der Waals surface area contributed by atoms with E-state index in [1.807, 2.05) is 43.4 Å². The van der Waals surface area contributed by atoms with Crippen molar-refractivity contribution in [1.82, 2.24) is 4.98 Å².